The van der Waals surface area contributed by atoms with Crippen LogP contribution in [-0.4, -0.2) is 6.54 Å². The summed E-state index contributed by atoms with van der Waals surface area (Å²) >= 11 is 1.78. The first-order chi connectivity index (χ1) is 9.35. The van der Waals surface area contributed by atoms with Crippen molar-refractivity contribution in [3.63, 3.8) is 0 Å². The highest BCUT2D eigenvalue weighted by molar-refractivity contribution is 7.07. The molecule has 2 aromatic rings. The largest absolute Gasteiger partial charge is 0.469 e. The van der Waals surface area contributed by atoms with Crippen LogP contribution >= 0.6 is 11.3 Å². The number of rotatable bonds is 8. The van der Waals surface area contributed by atoms with Crippen LogP contribution in [0.2, 0.25) is 0 Å². The zero-order chi connectivity index (χ0) is 13.5. The number of thiophene rings is 1. The van der Waals surface area contributed by atoms with Crippen LogP contribution in [0.5, 0.6) is 0 Å². The van der Waals surface area contributed by atoms with Crippen molar-refractivity contribution in [2.75, 3.05) is 6.54 Å². The second-order valence-electron chi connectivity index (χ2n) is 4.83. The molecular formula is C16H23NOS. The highest BCUT2D eigenvalue weighted by atomic mass is 32.1. The van der Waals surface area contributed by atoms with Gasteiger partial charge in [0.25, 0.3) is 0 Å². The Kier molecular flexibility index (Phi) is 5.67. The van der Waals surface area contributed by atoms with Crippen molar-refractivity contribution < 1.29 is 4.42 Å². The van der Waals surface area contributed by atoms with E-state index in [1.54, 1.807) is 11.3 Å². The van der Waals surface area contributed by atoms with E-state index in [1.807, 2.05) is 6.26 Å². The zero-order valence-electron chi connectivity index (χ0n) is 11.8. The third kappa shape index (κ3) is 3.95. The van der Waals surface area contributed by atoms with Gasteiger partial charge in [0.1, 0.15) is 5.76 Å². The van der Waals surface area contributed by atoms with E-state index in [9.17, 15) is 0 Å². The maximum Gasteiger partial charge on any atom is 0.108 e. The molecule has 104 valence electrons. The standard InChI is InChI=1S/C16H23NOS/c1-3-9-17-15(6-5-13-8-11-19-12-13)14-7-10-18-16(14)4-2/h7-8,10-12,15,17H,3-6,9H2,1-2H3. The van der Waals surface area contributed by atoms with Crippen LogP contribution < -0.4 is 5.32 Å². The molecule has 0 amide bonds. The fraction of sp³-hybridized carbons (Fsp3) is 0.500. The minimum Gasteiger partial charge on any atom is -0.469 e. The highest BCUT2D eigenvalue weighted by Gasteiger charge is 2.16. The fourth-order valence-corrected chi connectivity index (χ4v) is 3.08. The minimum atomic E-state index is 0.411. The molecule has 0 aliphatic carbocycles. The van der Waals surface area contributed by atoms with E-state index < -0.39 is 0 Å². The van der Waals surface area contributed by atoms with Crippen LogP contribution in [0.4, 0.5) is 0 Å². The second kappa shape index (κ2) is 7.51. The summed E-state index contributed by atoms with van der Waals surface area (Å²) in [6.07, 6.45) is 6.20. The summed E-state index contributed by atoms with van der Waals surface area (Å²) in [6.45, 7) is 5.42. The van der Waals surface area contributed by atoms with Crippen LogP contribution in [-0.2, 0) is 12.8 Å². The van der Waals surface area contributed by atoms with Crippen molar-refractivity contribution in [1.82, 2.24) is 5.32 Å². The molecule has 0 saturated carbocycles. The van der Waals surface area contributed by atoms with Crippen LogP contribution in [0.1, 0.15) is 49.6 Å². The van der Waals surface area contributed by atoms with Gasteiger partial charge in [-0.15, -0.1) is 0 Å². The quantitative estimate of drug-likeness (QED) is 0.764. The Morgan fingerprint density at radius 3 is 2.89 bits per heavy atom. The molecule has 2 aromatic heterocycles. The molecule has 1 N–H and O–H groups in total. The van der Waals surface area contributed by atoms with E-state index in [1.165, 1.54) is 11.1 Å². The van der Waals surface area contributed by atoms with Crippen LogP contribution in [0.3, 0.4) is 0 Å². The van der Waals surface area contributed by atoms with E-state index in [0.717, 1.165) is 38.0 Å². The van der Waals surface area contributed by atoms with Crippen molar-refractivity contribution in [2.24, 2.45) is 0 Å². The fourth-order valence-electron chi connectivity index (χ4n) is 2.38. The molecule has 0 aliphatic rings. The summed E-state index contributed by atoms with van der Waals surface area (Å²) < 4.78 is 5.57. The molecule has 3 heteroatoms. The molecule has 0 spiro atoms. The maximum atomic E-state index is 5.57. The molecule has 0 fully saturated rings. The van der Waals surface area contributed by atoms with Crippen molar-refractivity contribution in [3.8, 4) is 0 Å². The third-order valence-corrected chi connectivity index (χ3v) is 4.15. The molecule has 0 aliphatic heterocycles. The number of furan rings is 1. The predicted molar refractivity (Wildman–Crippen MR) is 81.8 cm³/mol. The Morgan fingerprint density at radius 2 is 2.21 bits per heavy atom. The van der Waals surface area contributed by atoms with Crippen LogP contribution in [0.15, 0.2) is 33.6 Å². The Morgan fingerprint density at radius 1 is 1.32 bits per heavy atom. The molecule has 19 heavy (non-hydrogen) atoms. The lowest BCUT2D eigenvalue weighted by Crippen LogP contribution is -2.23. The van der Waals surface area contributed by atoms with Crippen molar-refractivity contribution in [2.45, 2.75) is 45.6 Å². The number of nitrogens with one attached hydrogen (secondary N) is 1. The van der Waals surface area contributed by atoms with Crippen molar-refractivity contribution >= 4 is 11.3 Å². The maximum absolute atomic E-state index is 5.57. The molecule has 1 unspecified atom stereocenters. The first-order valence-electron chi connectivity index (χ1n) is 7.15. The molecule has 2 heterocycles. The topological polar surface area (TPSA) is 25.2 Å². The lowest BCUT2D eigenvalue weighted by molar-refractivity contribution is 0.467. The Hall–Kier alpha value is -1.06. The van der Waals surface area contributed by atoms with Gasteiger partial charge in [0.2, 0.25) is 0 Å². The van der Waals surface area contributed by atoms with Gasteiger partial charge < -0.3 is 9.73 Å². The molecule has 0 aromatic carbocycles. The summed E-state index contributed by atoms with van der Waals surface area (Å²) in [5, 5.41) is 8.05. The lowest BCUT2D eigenvalue weighted by Gasteiger charge is -2.18. The first-order valence-corrected chi connectivity index (χ1v) is 8.10. The highest BCUT2D eigenvalue weighted by Crippen LogP contribution is 2.25. The summed E-state index contributed by atoms with van der Waals surface area (Å²) in [6, 6.07) is 4.76. The minimum absolute atomic E-state index is 0.411. The SMILES string of the molecule is CCCNC(CCc1ccsc1)c1ccoc1CC. The van der Waals surface area contributed by atoms with Gasteiger partial charge in [0.15, 0.2) is 0 Å². The summed E-state index contributed by atoms with van der Waals surface area (Å²) in [5.74, 6) is 1.12. The third-order valence-electron chi connectivity index (χ3n) is 3.42. The normalized spacial score (nSPS) is 12.7. The summed E-state index contributed by atoms with van der Waals surface area (Å²) in [4.78, 5) is 0. The lowest BCUT2D eigenvalue weighted by atomic mass is 9.99. The van der Waals surface area contributed by atoms with Crippen molar-refractivity contribution in [1.29, 1.82) is 0 Å². The average Bonchev–Trinajstić information content (AvgIpc) is 3.09. The van der Waals surface area contributed by atoms with Gasteiger partial charge in [0, 0.05) is 18.0 Å². The summed E-state index contributed by atoms with van der Waals surface area (Å²) in [7, 11) is 0. The van der Waals surface area contributed by atoms with Gasteiger partial charge in [-0.25, -0.2) is 0 Å². The van der Waals surface area contributed by atoms with Gasteiger partial charge in [-0.05, 0) is 54.3 Å². The zero-order valence-corrected chi connectivity index (χ0v) is 12.6. The van der Waals surface area contributed by atoms with Gasteiger partial charge >= 0.3 is 0 Å². The monoisotopic (exact) mass is 277 g/mol. The smallest absolute Gasteiger partial charge is 0.108 e. The summed E-state index contributed by atoms with van der Waals surface area (Å²) in [5.41, 5.74) is 2.78. The van der Waals surface area contributed by atoms with E-state index in [4.69, 9.17) is 4.42 Å². The van der Waals surface area contributed by atoms with Gasteiger partial charge in [-0.1, -0.05) is 13.8 Å². The second-order valence-corrected chi connectivity index (χ2v) is 5.61. The molecule has 0 radical (unpaired) electrons. The molecule has 2 rings (SSSR count). The number of hydrogen-bond acceptors (Lipinski definition) is 3. The number of aryl methyl sites for hydroxylation is 2. The predicted octanol–water partition coefficient (Wildman–Crippen LogP) is 4.58. The molecule has 0 saturated heterocycles. The van der Waals surface area contributed by atoms with Gasteiger partial charge in [-0.3, -0.25) is 0 Å². The first kappa shape index (κ1) is 14.4. The van der Waals surface area contributed by atoms with E-state index in [0.29, 0.717) is 6.04 Å². The van der Waals surface area contributed by atoms with Crippen LogP contribution in [0.25, 0.3) is 0 Å². The molecule has 1 atom stereocenters. The number of hydrogen-bond donors (Lipinski definition) is 1. The van der Waals surface area contributed by atoms with E-state index in [2.05, 4.69) is 42.1 Å². The molecule has 0 bridgehead atoms. The Labute approximate surface area is 119 Å². The Balaban J connectivity index is 2.02. The average molecular weight is 277 g/mol. The van der Waals surface area contributed by atoms with E-state index >= 15 is 0 Å². The van der Waals surface area contributed by atoms with Gasteiger partial charge in [-0.2, -0.15) is 11.3 Å². The van der Waals surface area contributed by atoms with Crippen molar-refractivity contribution in [3.05, 3.63) is 46.0 Å². The van der Waals surface area contributed by atoms with E-state index in [-0.39, 0.29) is 0 Å². The molecular weight excluding hydrogens is 254 g/mol. The molecule has 2 nitrogen and oxygen atoms in total. The van der Waals surface area contributed by atoms with Crippen LogP contribution in [0, 0.1) is 0 Å². The van der Waals surface area contributed by atoms with Gasteiger partial charge in [0.05, 0.1) is 6.26 Å². The Bertz CT molecular complexity index is 461.